The molecular weight excluding hydrogens is 276 g/mol. The standard InChI is InChI=1S/C20H23Cl/c1-15-9-10-16(2)18(12-15)13-20(14-21)11-5-7-17-6-3-4-8-19(17)20/h3-4,6,8-10,12H,5,7,11,13-14H2,1-2H3. The SMILES string of the molecule is Cc1ccc(C)c(CC2(CCl)CCCc3ccccc32)c1. The average molecular weight is 299 g/mol. The van der Waals surface area contributed by atoms with Crippen LogP contribution in [0, 0.1) is 13.8 Å². The molecule has 0 nitrogen and oxygen atoms in total. The lowest BCUT2D eigenvalue weighted by Gasteiger charge is -2.38. The topological polar surface area (TPSA) is 0 Å². The Labute approximate surface area is 133 Å². The number of fused-ring (bicyclic) bond motifs is 1. The fraction of sp³-hybridized carbons (Fsp3) is 0.400. The highest BCUT2D eigenvalue weighted by Gasteiger charge is 2.36. The van der Waals surface area contributed by atoms with Crippen LogP contribution < -0.4 is 0 Å². The van der Waals surface area contributed by atoms with Gasteiger partial charge in [-0.2, -0.15) is 0 Å². The first-order chi connectivity index (χ1) is 10.1. The van der Waals surface area contributed by atoms with Gasteiger partial charge < -0.3 is 0 Å². The fourth-order valence-electron chi connectivity index (χ4n) is 3.73. The van der Waals surface area contributed by atoms with E-state index in [2.05, 4.69) is 56.3 Å². The maximum Gasteiger partial charge on any atom is 0.0323 e. The monoisotopic (exact) mass is 298 g/mol. The summed E-state index contributed by atoms with van der Waals surface area (Å²) >= 11 is 6.51. The van der Waals surface area contributed by atoms with Gasteiger partial charge in [-0.25, -0.2) is 0 Å². The van der Waals surface area contributed by atoms with E-state index in [1.54, 1.807) is 0 Å². The highest BCUT2D eigenvalue weighted by molar-refractivity contribution is 6.18. The normalized spacial score (nSPS) is 21.1. The molecule has 0 bridgehead atoms. The minimum absolute atomic E-state index is 0.106. The molecule has 0 amide bonds. The van der Waals surface area contributed by atoms with E-state index in [4.69, 9.17) is 11.6 Å². The Morgan fingerprint density at radius 2 is 1.90 bits per heavy atom. The van der Waals surface area contributed by atoms with E-state index in [1.165, 1.54) is 47.1 Å². The third-order valence-corrected chi connectivity index (χ3v) is 5.49. The van der Waals surface area contributed by atoms with Crippen LogP contribution in [-0.2, 0) is 18.3 Å². The zero-order chi connectivity index (χ0) is 14.9. The molecule has 0 saturated carbocycles. The molecule has 3 rings (SSSR count). The molecule has 0 radical (unpaired) electrons. The van der Waals surface area contributed by atoms with Gasteiger partial charge in [0.05, 0.1) is 0 Å². The lowest BCUT2D eigenvalue weighted by Crippen LogP contribution is -2.35. The van der Waals surface area contributed by atoms with E-state index in [9.17, 15) is 0 Å². The highest BCUT2D eigenvalue weighted by Crippen LogP contribution is 2.41. The Morgan fingerprint density at radius 1 is 1.10 bits per heavy atom. The second-order valence-corrected chi connectivity index (χ2v) is 6.80. The summed E-state index contributed by atoms with van der Waals surface area (Å²) in [4.78, 5) is 0. The quantitative estimate of drug-likeness (QED) is 0.669. The summed E-state index contributed by atoms with van der Waals surface area (Å²) in [5.74, 6) is 0.706. The van der Waals surface area contributed by atoms with Crippen molar-refractivity contribution in [3.8, 4) is 0 Å². The van der Waals surface area contributed by atoms with Gasteiger partial charge in [-0.1, -0.05) is 48.0 Å². The maximum absolute atomic E-state index is 6.51. The predicted octanol–water partition coefficient (Wildman–Crippen LogP) is 5.36. The minimum Gasteiger partial charge on any atom is -0.126 e. The Kier molecular flexibility index (Phi) is 4.08. The van der Waals surface area contributed by atoms with Crippen LogP contribution >= 0.6 is 11.6 Å². The van der Waals surface area contributed by atoms with E-state index in [-0.39, 0.29) is 5.41 Å². The molecule has 0 spiro atoms. The summed E-state index contributed by atoms with van der Waals surface area (Å²) in [5.41, 5.74) is 7.25. The number of hydrogen-bond acceptors (Lipinski definition) is 0. The van der Waals surface area contributed by atoms with E-state index < -0.39 is 0 Å². The van der Waals surface area contributed by atoms with E-state index in [1.807, 2.05) is 0 Å². The summed E-state index contributed by atoms with van der Waals surface area (Å²) in [7, 11) is 0. The molecule has 2 aromatic carbocycles. The second-order valence-electron chi connectivity index (χ2n) is 6.53. The van der Waals surface area contributed by atoms with Crippen molar-refractivity contribution in [2.24, 2.45) is 0 Å². The Balaban J connectivity index is 2.04. The maximum atomic E-state index is 6.51. The van der Waals surface area contributed by atoms with Crippen molar-refractivity contribution < 1.29 is 0 Å². The number of benzene rings is 2. The van der Waals surface area contributed by atoms with Crippen LogP contribution in [0.1, 0.15) is 40.7 Å². The van der Waals surface area contributed by atoms with Crippen molar-refractivity contribution in [3.63, 3.8) is 0 Å². The number of hydrogen-bond donors (Lipinski definition) is 0. The smallest absolute Gasteiger partial charge is 0.0323 e. The molecule has 1 aliphatic carbocycles. The lowest BCUT2D eigenvalue weighted by molar-refractivity contribution is 0.396. The molecule has 0 N–H and O–H groups in total. The number of aryl methyl sites for hydroxylation is 3. The molecular formula is C20H23Cl. The van der Waals surface area contributed by atoms with Gasteiger partial charge in [-0.3, -0.25) is 0 Å². The molecule has 1 unspecified atom stereocenters. The lowest BCUT2D eigenvalue weighted by atomic mass is 9.67. The van der Waals surface area contributed by atoms with E-state index >= 15 is 0 Å². The summed E-state index contributed by atoms with van der Waals surface area (Å²) in [6.07, 6.45) is 4.69. The van der Waals surface area contributed by atoms with Gasteiger partial charge in [0.1, 0.15) is 0 Å². The van der Waals surface area contributed by atoms with Gasteiger partial charge in [-0.15, -0.1) is 11.6 Å². The molecule has 110 valence electrons. The van der Waals surface area contributed by atoms with Crippen LogP contribution in [0.2, 0.25) is 0 Å². The summed E-state index contributed by atoms with van der Waals surface area (Å²) in [5, 5.41) is 0. The van der Waals surface area contributed by atoms with Crippen molar-refractivity contribution in [1.29, 1.82) is 0 Å². The molecule has 1 atom stereocenters. The number of alkyl halides is 1. The average Bonchev–Trinajstić information content (AvgIpc) is 2.51. The van der Waals surface area contributed by atoms with Gasteiger partial charge >= 0.3 is 0 Å². The summed E-state index contributed by atoms with van der Waals surface area (Å²) in [6, 6.07) is 15.7. The van der Waals surface area contributed by atoms with E-state index in [0.717, 1.165) is 6.42 Å². The Hall–Kier alpha value is -1.27. The first kappa shape index (κ1) is 14.7. The zero-order valence-corrected chi connectivity index (χ0v) is 13.7. The van der Waals surface area contributed by atoms with Crippen molar-refractivity contribution in [2.45, 2.75) is 44.9 Å². The third kappa shape index (κ3) is 2.74. The van der Waals surface area contributed by atoms with Gasteiger partial charge in [0, 0.05) is 11.3 Å². The van der Waals surface area contributed by atoms with Gasteiger partial charge in [0.15, 0.2) is 0 Å². The van der Waals surface area contributed by atoms with Crippen molar-refractivity contribution in [1.82, 2.24) is 0 Å². The molecule has 21 heavy (non-hydrogen) atoms. The first-order valence-electron chi connectivity index (χ1n) is 7.85. The van der Waals surface area contributed by atoms with Crippen LogP contribution in [0.5, 0.6) is 0 Å². The molecule has 1 heteroatoms. The molecule has 1 aliphatic rings. The molecule has 0 fully saturated rings. The Morgan fingerprint density at radius 3 is 2.71 bits per heavy atom. The molecule has 0 aromatic heterocycles. The summed E-state index contributed by atoms with van der Waals surface area (Å²) < 4.78 is 0. The molecule has 0 saturated heterocycles. The van der Waals surface area contributed by atoms with Crippen LogP contribution in [0.3, 0.4) is 0 Å². The first-order valence-corrected chi connectivity index (χ1v) is 8.38. The second kappa shape index (κ2) is 5.85. The van der Waals surface area contributed by atoms with Gasteiger partial charge in [-0.05, 0) is 61.8 Å². The number of rotatable bonds is 3. The Bertz CT molecular complexity index is 644. The van der Waals surface area contributed by atoms with Crippen molar-refractivity contribution in [3.05, 3.63) is 70.3 Å². The minimum atomic E-state index is 0.106. The summed E-state index contributed by atoms with van der Waals surface area (Å²) in [6.45, 7) is 4.39. The highest BCUT2D eigenvalue weighted by atomic mass is 35.5. The van der Waals surface area contributed by atoms with Crippen molar-refractivity contribution in [2.75, 3.05) is 5.88 Å². The number of halogens is 1. The fourth-order valence-corrected chi connectivity index (χ4v) is 4.10. The van der Waals surface area contributed by atoms with Crippen LogP contribution in [0.4, 0.5) is 0 Å². The van der Waals surface area contributed by atoms with Crippen LogP contribution in [0.25, 0.3) is 0 Å². The van der Waals surface area contributed by atoms with Crippen LogP contribution in [0.15, 0.2) is 42.5 Å². The molecule has 2 aromatic rings. The largest absolute Gasteiger partial charge is 0.126 e. The van der Waals surface area contributed by atoms with Crippen LogP contribution in [-0.4, -0.2) is 5.88 Å². The molecule has 0 aliphatic heterocycles. The predicted molar refractivity (Wildman–Crippen MR) is 91.4 cm³/mol. The van der Waals surface area contributed by atoms with Gasteiger partial charge in [0.25, 0.3) is 0 Å². The molecule has 0 heterocycles. The zero-order valence-electron chi connectivity index (χ0n) is 13.0. The van der Waals surface area contributed by atoms with Gasteiger partial charge in [0.2, 0.25) is 0 Å². The van der Waals surface area contributed by atoms with Crippen molar-refractivity contribution >= 4 is 11.6 Å². The van der Waals surface area contributed by atoms with E-state index in [0.29, 0.717) is 5.88 Å². The third-order valence-electron chi connectivity index (χ3n) is 4.98.